The molecule has 4 rings (SSSR count). The molecule has 3 aliphatic rings. The number of carbonyl (C=O) groups excluding carboxylic acids is 2. The Hall–Kier alpha value is -2.08. The molecule has 0 bridgehead atoms. The van der Waals surface area contributed by atoms with E-state index in [2.05, 4.69) is 0 Å². The number of aromatic hydroxyl groups is 1. The molecule has 0 radical (unpaired) electrons. The zero-order valence-electron chi connectivity index (χ0n) is 16.4. The third-order valence-corrected chi connectivity index (χ3v) is 6.66. The fraction of sp³-hybridized carbons (Fsp3) is 0.636. The summed E-state index contributed by atoms with van der Waals surface area (Å²) in [5.74, 6) is 0.617. The smallest absolute Gasteiger partial charge is 0.226 e. The number of hydrogen-bond acceptors (Lipinski definition) is 4. The van der Waals surface area contributed by atoms with Gasteiger partial charge in [0.2, 0.25) is 11.8 Å². The molecule has 28 heavy (non-hydrogen) atoms. The lowest BCUT2D eigenvalue weighted by Gasteiger charge is -2.47. The second-order valence-corrected chi connectivity index (χ2v) is 8.63. The molecular formula is C22H30N2O4. The van der Waals surface area contributed by atoms with Gasteiger partial charge in [0.15, 0.2) is 0 Å². The van der Waals surface area contributed by atoms with Gasteiger partial charge in [-0.2, -0.15) is 0 Å². The molecule has 2 amide bonds. The molecule has 0 saturated carbocycles. The van der Waals surface area contributed by atoms with E-state index < -0.39 is 0 Å². The number of piperidine rings is 2. The molecule has 6 heteroatoms. The lowest BCUT2D eigenvalue weighted by molar-refractivity contribution is -0.143. The highest BCUT2D eigenvalue weighted by atomic mass is 16.5. The highest BCUT2D eigenvalue weighted by Crippen LogP contribution is 2.40. The fourth-order valence-corrected chi connectivity index (χ4v) is 4.84. The van der Waals surface area contributed by atoms with Crippen LogP contribution in [0.5, 0.6) is 5.75 Å². The summed E-state index contributed by atoms with van der Waals surface area (Å²) in [5.41, 5.74) is 1.08. The lowest BCUT2D eigenvalue weighted by atomic mass is 9.72. The Bertz CT molecular complexity index is 704. The average Bonchev–Trinajstić information content (AvgIpc) is 3.20. The van der Waals surface area contributed by atoms with Gasteiger partial charge in [-0.15, -0.1) is 0 Å². The van der Waals surface area contributed by atoms with E-state index in [1.165, 1.54) is 0 Å². The first kappa shape index (κ1) is 19.2. The van der Waals surface area contributed by atoms with Crippen LogP contribution in [0.15, 0.2) is 24.3 Å². The first-order valence-electron chi connectivity index (χ1n) is 10.5. The van der Waals surface area contributed by atoms with E-state index in [1.807, 2.05) is 9.80 Å². The first-order valence-corrected chi connectivity index (χ1v) is 10.5. The molecule has 1 aromatic rings. The third-order valence-electron chi connectivity index (χ3n) is 6.66. The summed E-state index contributed by atoms with van der Waals surface area (Å²) in [5, 5.41) is 9.38. The van der Waals surface area contributed by atoms with Crippen molar-refractivity contribution in [3.8, 4) is 5.75 Å². The van der Waals surface area contributed by atoms with Crippen LogP contribution in [-0.4, -0.2) is 65.6 Å². The van der Waals surface area contributed by atoms with Gasteiger partial charge >= 0.3 is 0 Å². The quantitative estimate of drug-likeness (QED) is 0.862. The first-order chi connectivity index (χ1) is 13.5. The van der Waals surface area contributed by atoms with Crippen LogP contribution in [0.2, 0.25) is 0 Å². The number of phenolic OH excluding ortho intramolecular Hbond substituents is 1. The minimum Gasteiger partial charge on any atom is -0.508 e. The molecule has 1 aromatic carbocycles. The van der Waals surface area contributed by atoms with Crippen molar-refractivity contribution in [2.24, 2.45) is 5.41 Å². The molecule has 1 N–H and O–H groups in total. The molecular weight excluding hydrogens is 356 g/mol. The summed E-state index contributed by atoms with van der Waals surface area (Å²) >= 11 is 0. The number of amides is 2. The predicted molar refractivity (Wildman–Crippen MR) is 105 cm³/mol. The van der Waals surface area contributed by atoms with Crippen molar-refractivity contribution >= 4 is 11.8 Å². The minimum atomic E-state index is 0.142. The monoisotopic (exact) mass is 386 g/mol. The van der Waals surface area contributed by atoms with E-state index in [4.69, 9.17) is 4.74 Å². The van der Waals surface area contributed by atoms with Crippen molar-refractivity contribution in [3.05, 3.63) is 29.8 Å². The molecule has 0 unspecified atom stereocenters. The molecule has 6 nitrogen and oxygen atoms in total. The van der Waals surface area contributed by atoms with E-state index in [0.29, 0.717) is 12.8 Å². The second-order valence-electron chi connectivity index (χ2n) is 8.63. The molecule has 0 aromatic heterocycles. The zero-order chi connectivity index (χ0) is 19.6. The van der Waals surface area contributed by atoms with Gasteiger partial charge in [0.25, 0.3) is 0 Å². The normalized spacial score (nSPS) is 24.7. The summed E-state index contributed by atoms with van der Waals surface area (Å²) in [6.45, 7) is 3.88. The number of nitrogens with zero attached hydrogens (tertiary/aromatic N) is 2. The number of benzene rings is 1. The van der Waals surface area contributed by atoms with Gasteiger partial charge in [-0.25, -0.2) is 0 Å². The Kier molecular flexibility index (Phi) is 5.58. The van der Waals surface area contributed by atoms with E-state index in [9.17, 15) is 14.7 Å². The highest BCUT2D eigenvalue weighted by molar-refractivity contribution is 5.79. The summed E-state index contributed by atoms with van der Waals surface area (Å²) in [6, 6.07) is 6.84. The van der Waals surface area contributed by atoms with Crippen molar-refractivity contribution < 1.29 is 19.4 Å². The van der Waals surface area contributed by atoms with Crippen LogP contribution in [0, 0.1) is 5.41 Å². The van der Waals surface area contributed by atoms with Crippen LogP contribution in [0.1, 0.15) is 44.1 Å². The molecule has 3 saturated heterocycles. The van der Waals surface area contributed by atoms with Crippen LogP contribution in [0.4, 0.5) is 0 Å². The van der Waals surface area contributed by atoms with E-state index in [-0.39, 0.29) is 29.1 Å². The van der Waals surface area contributed by atoms with Crippen molar-refractivity contribution in [2.75, 3.05) is 32.8 Å². The number of phenols is 1. The van der Waals surface area contributed by atoms with Gasteiger partial charge in [-0.05, 0) is 55.2 Å². The number of hydrogen-bond donors (Lipinski definition) is 1. The van der Waals surface area contributed by atoms with Crippen LogP contribution in [-0.2, 0) is 20.7 Å². The number of rotatable bonds is 4. The Morgan fingerprint density at radius 2 is 1.93 bits per heavy atom. The van der Waals surface area contributed by atoms with Crippen molar-refractivity contribution in [1.82, 2.24) is 9.80 Å². The third kappa shape index (κ3) is 4.32. The Morgan fingerprint density at radius 3 is 2.61 bits per heavy atom. The standard InChI is InChI=1S/C22H30N2O4/c25-18-5-3-17(4-6-18)14-21(27)23-11-9-22(10-12-23)8-7-20(26)24(16-22)15-19-2-1-13-28-19/h3-6,19,25H,1-2,7-16H2/t19-/m0/s1. The molecule has 1 atom stereocenters. The maximum absolute atomic E-state index is 12.7. The molecule has 152 valence electrons. The summed E-state index contributed by atoms with van der Waals surface area (Å²) in [6.07, 6.45) is 6.20. The molecule has 0 aliphatic carbocycles. The maximum atomic E-state index is 12.7. The van der Waals surface area contributed by atoms with Crippen molar-refractivity contribution in [1.29, 1.82) is 0 Å². The molecule has 3 fully saturated rings. The van der Waals surface area contributed by atoms with E-state index >= 15 is 0 Å². The van der Waals surface area contributed by atoms with E-state index in [0.717, 1.165) is 70.5 Å². The van der Waals surface area contributed by atoms with Crippen molar-refractivity contribution in [2.45, 2.75) is 51.0 Å². The minimum absolute atomic E-state index is 0.142. The largest absolute Gasteiger partial charge is 0.508 e. The fourth-order valence-electron chi connectivity index (χ4n) is 4.84. The average molecular weight is 386 g/mol. The molecule has 1 spiro atoms. The van der Waals surface area contributed by atoms with Gasteiger partial charge < -0.3 is 19.6 Å². The Labute approximate surface area is 166 Å². The van der Waals surface area contributed by atoms with Crippen LogP contribution >= 0.6 is 0 Å². The Morgan fingerprint density at radius 1 is 1.18 bits per heavy atom. The summed E-state index contributed by atoms with van der Waals surface area (Å²) < 4.78 is 5.73. The van der Waals surface area contributed by atoms with Gasteiger partial charge in [-0.3, -0.25) is 9.59 Å². The van der Waals surface area contributed by atoms with Crippen LogP contribution in [0.25, 0.3) is 0 Å². The molecule has 3 aliphatic heterocycles. The lowest BCUT2D eigenvalue weighted by Crippen LogP contribution is -2.53. The van der Waals surface area contributed by atoms with Crippen LogP contribution in [0.3, 0.4) is 0 Å². The van der Waals surface area contributed by atoms with Crippen molar-refractivity contribution in [3.63, 3.8) is 0 Å². The number of carbonyl (C=O) groups is 2. The number of ether oxygens (including phenoxy) is 1. The highest BCUT2D eigenvalue weighted by Gasteiger charge is 2.42. The molecule has 3 heterocycles. The van der Waals surface area contributed by atoms with Gasteiger partial charge in [0.05, 0.1) is 12.5 Å². The van der Waals surface area contributed by atoms with Crippen LogP contribution < -0.4 is 0 Å². The van der Waals surface area contributed by atoms with Gasteiger partial charge in [-0.1, -0.05) is 12.1 Å². The Balaban J connectivity index is 1.31. The summed E-state index contributed by atoms with van der Waals surface area (Å²) in [4.78, 5) is 29.0. The summed E-state index contributed by atoms with van der Waals surface area (Å²) in [7, 11) is 0. The van der Waals surface area contributed by atoms with Gasteiger partial charge in [0, 0.05) is 39.2 Å². The van der Waals surface area contributed by atoms with Gasteiger partial charge in [0.1, 0.15) is 5.75 Å². The number of likely N-dealkylation sites (tertiary alicyclic amines) is 2. The SMILES string of the molecule is O=C(Cc1ccc(O)cc1)N1CCC2(CCC(=O)N(C[C@@H]3CCCO3)C2)CC1. The topological polar surface area (TPSA) is 70.1 Å². The predicted octanol–water partition coefficient (Wildman–Crippen LogP) is 2.34. The van der Waals surface area contributed by atoms with E-state index in [1.54, 1.807) is 24.3 Å². The zero-order valence-corrected chi connectivity index (χ0v) is 16.4. The maximum Gasteiger partial charge on any atom is 0.226 e. The second kappa shape index (κ2) is 8.11.